The second-order valence-electron chi connectivity index (χ2n) is 10.0. The Morgan fingerprint density at radius 3 is 2.11 bits per heavy atom. The largest absolute Gasteiger partial charge is 0.373 e. The molecular weight excluding hydrogens is 510 g/mol. The van der Waals surface area contributed by atoms with Crippen LogP contribution in [0.1, 0.15) is 47.6 Å². The second-order valence-corrected chi connectivity index (χ2v) is 12.0. The minimum absolute atomic E-state index is 0.112. The van der Waals surface area contributed by atoms with Gasteiger partial charge in [0.2, 0.25) is 15.6 Å². The first-order chi connectivity index (χ1) is 16.5. The summed E-state index contributed by atoms with van der Waals surface area (Å²) in [4.78, 5) is 1.86. The molecule has 1 N–H and O–H groups in total. The van der Waals surface area contributed by atoms with Crippen molar-refractivity contribution in [1.29, 1.82) is 0 Å². The van der Waals surface area contributed by atoms with Crippen molar-refractivity contribution < 1.29 is 39.9 Å². The van der Waals surface area contributed by atoms with Crippen molar-refractivity contribution in [3.63, 3.8) is 0 Å². The van der Waals surface area contributed by atoms with Crippen molar-refractivity contribution in [2.24, 2.45) is 0 Å². The van der Waals surface area contributed by atoms with Gasteiger partial charge in [0.05, 0.1) is 11.8 Å². The molecule has 5 rings (SSSR count). The fourth-order valence-corrected chi connectivity index (χ4v) is 6.29. The average molecular weight is 535 g/mol. The molecule has 5 nitrogen and oxygen atoms in total. The molecule has 1 fully saturated rings. The molecule has 12 heteroatoms. The van der Waals surface area contributed by atoms with E-state index in [2.05, 4.69) is 0 Å². The smallest absolute Gasteiger partial charge is 0.315 e. The van der Waals surface area contributed by atoms with E-state index in [1.807, 2.05) is 4.90 Å². The number of aliphatic hydroxyl groups is 1. The van der Waals surface area contributed by atoms with Gasteiger partial charge in [-0.25, -0.2) is 17.2 Å². The predicted octanol–water partition coefficient (Wildman–Crippen LogP) is 4.23. The molecule has 2 aliphatic carbocycles. The second kappa shape index (κ2) is 7.68. The van der Waals surface area contributed by atoms with Crippen molar-refractivity contribution >= 4 is 10.0 Å². The number of alkyl halides is 4. The maximum atomic E-state index is 15.3. The van der Waals surface area contributed by atoms with E-state index in [0.717, 1.165) is 18.4 Å². The van der Waals surface area contributed by atoms with Crippen LogP contribution in [0.3, 0.4) is 0 Å². The van der Waals surface area contributed by atoms with Crippen LogP contribution in [0.25, 0.3) is 11.1 Å². The van der Waals surface area contributed by atoms with E-state index in [9.17, 15) is 31.1 Å². The monoisotopic (exact) mass is 534 g/mol. The maximum absolute atomic E-state index is 15.3. The molecule has 2 aromatic rings. The van der Waals surface area contributed by atoms with Gasteiger partial charge in [-0.1, -0.05) is 19.9 Å². The molecule has 1 heterocycles. The van der Waals surface area contributed by atoms with Crippen molar-refractivity contribution in [2.75, 3.05) is 32.4 Å². The third-order valence-electron chi connectivity index (χ3n) is 7.51. The summed E-state index contributed by atoms with van der Waals surface area (Å²) in [6.45, 7) is 4.78. The van der Waals surface area contributed by atoms with Crippen molar-refractivity contribution in [1.82, 2.24) is 9.21 Å². The summed E-state index contributed by atoms with van der Waals surface area (Å²) in [6, 6.07) is 3.16. The molecule has 1 saturated heterocycles. The van der Waals surface area contributed by atoms with Crippen LogP contribution in [0.5, 0.6) is 0 Å². The molecule has 3 aliphatic rings. The fraction of sp³-hybridized carbons (Fsp3) is 0.500. The normalized spacial score (nSPS) is 24.9. The number of sulfonamides is 1. The van der Waals surface area contributed by atoms with Crippen molar-refractivity contribution in [2.45, 2.75) is 43.8 Å². The number of rotatable bonds is 5. The summed E-state index contributed by atoms with van der Waals surface area (Å²) in [5.74, 6) is -11.3. The van der Waals surface area contributed by atoms with Crippen LogP contribution in [0, 0.1) is 11.6 Å². The van der Waals surface area contributed by atoms with Crippen LogP contribution in [0.4, 0.5) is 26.3 Å². The molecular formula is C24H24F6N2O3S. The van der Waals surface area contributed by atoms with Gasteiger partial charge in [0, 0.05) is 55.0 Å². The highest BCUT2D eigenvalue weighted by molar-refractivity contribution is 7.88. The van der Waals surface area contributed by atoms with Crippen molar-refractivity contribution in [3.8, 4) is 11.1 Å². The number of hydrogen-bond donors (Lipinski definition) is 1. The van der Waals surface area contributed by atoms with Crippen molar-refractivity contribution in [3.05, 3.63) is 57.7 Å². The molecule has 0 bridgehead atoms. The van der Waals surface area contributed by atoms with Crippen LogP contribution < -0.4 is 0 Å². The van der Waals surface area contributed by atoms with Gasteiger partial charge in [-0.2, -0.15) is 21.9 Å². The van der Waals surface area contributed by atoms with E-state index in [0.29, 0.717) is 18.7 Å². The SMILES string of the molecule is CC(C)c1cc(CN2CCN(S(C)(=O)=O)CC2)c(F)cc1-c1cc2c3c(c1F)C(F)(F)C3(O)C2(F)F. The summed E-state index contributed by atoms with van der Waals surface area (Å²) in [5, 5.41) is 9.86. The molecule has 0 spiro atoms. The zero-order chi connectivity index (χ0) is 26.6. The molecule has 36 heavy (non-hydrogen) atoms. The first-order valence-electron chi connectivity index (χ1n) is 11.4. The molecule has 196 valence electrons. The minimum atomic E-state index is -4.48. The minimum Gasteiger partial charge on any atom is -0.373 e. The van der Waals surface area contributed by atoms with E-state index in [-0.39, 0.29) is 36.7 Å². The molecule has 0 aromatic heterocycles. The molecule has 0 radical (unpaired) electrons. The summed E-state index contributed by atoms with van der Waals surface area (Å²) in [7, 11) is -3.34. The summed E-state index contributed by atoms with van der Waals surface area (Å²) < 4.78 is 113. The Balaban J connectivity index is 1.53. The first-order valence-corrected chi connectivity index (χ1v) is 13.2. The topological polar surface area (TPSA) is 60.9 Å². The lowest BCUT2D eigenvalue weighted by molar-refractivity contribution is -0.354. The van der Waals surface area contributed by atoms with Gasteiger partial charge in [0.25, 0.3) is 0 Å². The highest BCUT2D eigenvalue weighted by atomic mass is 32.2. The number of benzene rings is 2. The van der Waals surface area contributed by atoms with Gasteiger partial charge in [-0.15, -0.1) is 0 Å². The highest BCUT2D eigenvalue weighted by Crippen LogP contribution is 2.75. The number of piperazine rings is 1. The van der Waals surface area contributed by atoms with E-state index in [4.69, 9.17) is 0 Å². The molecule has 0 amide bonds. The van der Waals surface area contributed by atoms with Crippen LogP contribution in [-0.4, -0.2) is 55.2 Å². The third kappa shape index (κ3) is 3.17. The molecule has 1 unspecified atom stereocenters. The van der Waals surface area contributed by atoms with E-state index < -0.39 is 61.4 Å². The number of halogens is 6. The van der Waals surface area contributed by atoms with Gasteiger partial charge < -0.3 is 5.11 Å². The number of nitrogens with zero attached hydrogens (tertiary/aromatic N) is 2. The van der Waals surface area contributed by atoms with E-state index in [1.165, 1.54) is 10.4 Å². The maximum Gasteiger partial charge on any atom is 0.315 e. The molecule has 1 aliphatic heterocycles. The van der Waals surface area contributed by atoms with E-state index in [1.54, 1.807) is 13.8 Å². The highest BCUT2D eigenvalue weighted by Gasteiger charge is 2.86. The van der Waals surface area contributed by atoms with Crippen LogP contribution in [0.15, 0.2) is 18.2 Å². The zero-order valence-corrected chi connectivity index (χ0v) is 20.5. The van der Waals surface area contributed by atoms with Gasteiger partial charge >= 0.3 is 11.8 Å². The lowest BCUT2D eigenvalue weighted by atomic mass is 9.53. The van der Waals surface area contributed by atoms with Gasteiger partial charge in [-0.05, 0) is 29.2 Å². The quantitative estimate of drug-likeness (QED) is 0.584. The standard InChI is InChI=1S/C24H24F6N2O3S/c1-12(2)14-8-13(11-31-4-6-32(7-5-31)36(3,34)35)18(25)10-15(14)16-9-17-19-20(21(16)26)24(29,30)22(19,33)23(17,27)28/h8-10,12,33H,4-7,11H2,1-3H3. The lowest BCUT2D eigenvalue weighted by Gasteiger charge is -2.58. The summed E-state index contributed by atoms with van der Waals surface area (Å²) in [5.41, 5.74) is -6.74. The average Bonchev–Trinajstić information content (AvgIpc) is 2.78. The van der Waals surface area contributed by atoms with Gasteiger partial charge in [0.1, 0.15) is 11.6 Å². The fourth-order valence-electron chi connectivity index (χ4n) is 5.46. The Morgan fingerprint density at radius 1 is 0.944 bits per heavy atom. The Kier molecular flexibility index (Phi) is 5.44. The zero-order valence-electron chi connectivity index (χ0n) is 19.7. The summed E-state index contributed by atoms with van der Waals surface area (Å²) in [6.07, 6.45) is 1.11. The van der Waals surface area contributed by atoms with E-state index >= 15 is 8.78 Å². The van der Waals surface area contributed by atoms with Crippen LogP contribution >= 0.6 is 0 Å². The number of hydrogen-bond acceptors (Lipinski definition) is 4. The summed E-state index contributed by atoms with van der Waals surface area (Å²) >= 11 is 0. The lowest BCUT2D eigenvalue weighted by Crippen LogP contribution is -2.70. The first kappa shape index (κ1) is 25.5. The predicted molar refractivity (Wildman–Crippen MR) is 119 cm³/mol. The Labute approximate surface area is 204 Å². The molecule has 2 aromatic carbocycles. The van der Waals surface area contributed by atoms with Gasteiger partial charge in [0.15, 0.2) is 0 Å². The molecule has 0 saturated carbocycles. The van der Waals surface area contributed by atoms with Crippen LogP contribution in [0.2, 0.25) is 0 Å². The Hall–Kier alpha value is -2.15. The van der Waals surface area contributed by atoms with Gasteiger partial charge in [-0.3, -0.25) is 4.90 Å². The Bertz CT molecular complexity index is 1390. The Morgan fingerprint density at radius 2 is 1.56 bits per heavy atom. The van der Waals surface area contributed by atoms with Crippen LogP contribution in [-0.2, 0) is 34.0 Å². The third-order valence-corrected chi connectivity index (χ3v) is 8.81. The molecule has 1 atom stereocenters.